The maximum Gasteiger partial charge on any atom is 0.0172 e. The van der Waals surface area contributed by atoms with Crippen LogP contribution in [0, 0.1) is 11.8 Å². The summed E-state index contributed by atoms with van der Waals surface area (Å²) in [7, 11) is 0. The molecule has 1 aliphatic heterocycles. The minimum atomic E-state index is 0.849. The summed E-state index contributed by atoms with van der Waals surface area (Å²) in [4.78, 5) is 2.53. The summed E-state index contributed by atoms with van der Waals surface area (Å²) in [6.07, 6.45) is 12.7. The molecule has 0 radical (unpaired) electrons. The zero-order chi connectivity index (χ0) is 8.67. The molecule has 1 heteroatoms. The molecule has 3 rings (SSSR count). The van der Waals surface area contributed by atoms with E-state index in [4.69, 9.17) is 0 Å². The van der Waals surface area contributed by atoms with Crippen molar-refractivity contribution in [3.05, 3.63) is 23.9 Å². The van der Waals surface area contributed by atoms with Crippen LogP contribution in [-0.2, 0) is 0 Å². The minimum Gasteiger partial charge on any atom is -0.377 e. The van der Waals surface area contributed by atoms with E-state index < -0.39 is 0 Å². The van der Waals surface area contributed by atoms with Gasteiger partial charge in [-0.15, -0.1) is 0 Å². The fourth-order valence-electron chi connectivity index (χ4n) is 2.70. The van der Waals surface area contributed by atoms with Gasteiger partial charge in [0.05, 0.1) is 0 Å². The topological polar surface area (TPSA) is 3.24 Å². The lowest BCUT2D eigenvalue weighted by atomic mass is 10.1. The van der Waals surface area contributed by atoms with Crippen LogP contribution in [0.3, 0.4) is 0 Å². The van der Waals surface area contributed by atoms with Gasteiger partial charge in [-0.05, 0) is 43.4 Å². The van der Waals surface area contributed by atoms with E-state index in [0.29, 0.717) is 0 Å². The Hall–Kier alpha value is -0.720. The van der Waals surface area contributed by atoms with Crippen molar-refractivity contribution in [3.63, 3.8) is 0 Å². The van der Waals surface area contributed by atoms with Crippen LogP contribution < -0.4 is 0 Å². The van der Waals surface area contributed by atoms with Crippen LogP contribution in [0.15, 0.2) is 23.9 Å². The Bertz CT molecular complexity index is 258. The highest BCUT2D eigenvalue weighted by atomic mass is 15.1. The molecule has 0 amide bonds. The van der Waals surface area contributed by atoms with E-state index in [1.165, 1.54) is 38.8 Å². The Kier molecular flexibility index (Phi) is 1.71. The van der Waals surface area contributed by atoms with Crippen LogP contribution in [0.5, 0.6) is 0 Å². The van der Waals surface area contributed by atoms with E-state index in [0.717, 1.165) is 11.8 Å². The number of hydrogen-bond donors (Lipinski definition) is 0. The third-order valence-electron chi connectivity index (χ3n) is 3.59. The predicted octanol–water partition coefficient (Wildman–Crippen LogP) is 2.56. The maximum atomic E-state index is 2.53. The first-order valence-corrected chi connectivity index (χ1v) is 5.57. The molecule has 0 bridgehead atoms. The average Bonchev–Trinajstić information content (AvgIpc) is 2.65. The minimum absolute atomic E-state index is 0.849. The molecular formula is C12H17N. The van der Waals surface area contributed by atoms with Gasteiger partial charge in [0.25, 0.3) is 0 Å². The summed E-state index contributed by atoms with van der Waals surface area (Å²) in [6.45, 7) is 2.60. The highest BCUT2D eigenvalue weighted by Gasteiger charge is 2.44. The molecule has 1 saturated heterocycles. The number of rotatable bonds is 1. The van der Waals surface area contributed by atoms with Crippen LogP contribution in [-0.4, -0.2) is 18.0 Å². The smallest absolute Gasteiger partial charge is 0.0172 e. The number of allylic oxidation sites excluding steroid dienone is 3. The first-order chi connectivity index (χ1) is 6.45. The van der Waals surface area contributed by atoms with E-state index >= 15 is 0 Å². The molecule has 2 atom stereocenters. The van der Waals surface area contributed by atoms with E-state index in [1.54, 1.807) is 5.57 Å². The van der Waals surface area contributed by atoms with Gasteiger partial charge in [-0.2, -0.15) is 0 Å². The van der Waals surface area contributed by atoms with Gasteiger partial charge in [0, 0.05) is 19.0 Å². The van der Waals surface area contributed by atoms with Gasteiger partial charge in [0.2, 0.25) is 0 Å². The van der Waals surface area contributed by atoms with E-state index in [2.05, 4.69) is 23.3 Å². The first kappa shape index (κ1) is 7.66. The Balaban J connectivity index is 1.65. The van der Waals surface area contributed by atoms with Gasteiger partial charge in [-0.25, -0.2) is 0 Å². The molecule has 2 aliphatic carbocycles. The number of fused-ring (bicyclic) bond motifs is 1. The van der Waals surface area contributed by atoms with Crippen LogP contribution in [0.4, 0.5) is 0 Å². The Morgan fingerprint density at radius 1 is 1.23 bits per heavy atom. The van der Waals surface area contributed by atoms with Crippen molar-refractivity contribution in [2.24, 2.45) is 11.8 Å². The van der Waals surface area contributed by atoms with Crippen molar-refractivity contribution in [2.45, 2.75) is 25.7 Å². The second-order valence-electron chi connectivity index (χ2n) is 4.52. The van der Waals surface area contributed by atoms with Crippen molar-refractivity contribution >= 4 is 0 Å². The summed E-state index contributed by atoms with van der Waals surface area (Å²) < 4.78 is 0. The van der Waals surface area contributed by atoms with E-state index in [1.807, 2.05) is 0 Å². The lowest BCUT2D eigenvalue weighted by Gasteiger charge is -2.24. The standard InChI is InChI=1S/C12H17N/c1-2-7-13(8-3-1)9-12-10-5-4-6-11(10)12/h4-5,9-11H,1-3,6-8H2. The quantitative estimate of drug-likeness (QED) is 0.554. The van der Waals surface area contributed by atoms with Gasteiger partial charge in [-0.3, -0.25) is 0 Å². The Labute approximate surface area is 80.1 Å². The highest BCUT2D eigenvalue weighted by Crippen LogP contribution is 2.53. The molecule has 70 valence electrons. The van der Waals surface area contributed by atoms with Crippen LogP contribution in [0.1, 0.15) is 25.7 Å². The third kappa shape index (κ3) is 1.31. The van der Waals surface area contributed by atoms with Crippen LogP contribution in [0.2, 0.25) is 0 Å². The fourth-order valence-corrected chi connectivity index (χ4v) is 2.70. The largest absolute Gasteiger partial charge is 0.377 e. The van der Waals surface area contributed by atoms with Gasteiger partial charge >= 0.3 is 0 Å². The van der Waals surface area contributed by atoms with Gasteiger partial charge < -0.3 is 4.90 Å². The molecule has 0 N–H and O–H groups in total. The summed E-state index contributed by atoms with van der Waals surface area (Å²) in [5.74, 6) is 1.77. The van der Waals surface area contributed by atoms with E-state index in [-0.39, 0.29) is 0 Å². The number of piperidine rings is 1. The average molecular weight is 175 g/mol. The lowest BCUT2D eigenvalue weighted by molar-refractivity contribution is 0.308. The van der Waals surface area contributed by atoms with Crippen LogP contribution >= 0.6 is 0 Å². The van der Waals surface area contributed by atoms with Crippen molar-refractivity contribution in [1.29, 1.82) is 0 Å². The number of hydrogen-bond acceptors (Lipinski definition) is 1. The maximum absolute atomic E-state index is 2.53. The molecule has 0 aromatic heterocycles. The lowest BCUT2D eigenvalue weighted by Crippen LogP contribution is -2.24. The SMILES string of the molecule is C1=CC2C(=CN3CCCCC3)C2C1. The third-order valence-corrected chi connectivity index (χ3v) is 3.59. The van der Waals surface area contributed by atoms with Crippen molar-refractivity contribution < 1.29 is 0 Å². The summed E-state index contributed by atoms with van der Waals surface area (Å²) in [5, 5.41) is 0. The molecule has 1 nitrogen and oxygen atoms in total. The number of likely N-dealkylation sites (tertiary alicyclic amines) is 1. The molecule has 0 spiro atoms. The molecule has 13 heavy (non-hydrogen) atoms. The van der Waals surface area contributed by atoms with Crippen molar-refractivity contribution in [3.8, 4) is 0 Å². The zero-order valence-electron chi connectivity index (χ0n) is 8.08. The summed E-state index contributed by atoms with van der Waals surface area (Å²) in [5.41, 5.74) is 1.71. The molecular weight excluding hydrogens is 158 g/mol. The Morgan fingerprint density at radius 2 is 2.08 bits per heavy atom. The highest BCUT2D eigenvalue weighted by molar-refractivity contribution is 5.39. The van der Waals surface area contributed by atoms with Gasteiger partial charge in [0.1, 0.15) is 0 Å². The second kappa shape index (κ2) is 2.90. The predicted molar refractivity (Wildman–Crippen MR) is 54.2 cm³/mol. The van der Waals surface area contributed by atoms with Gasteiger partial charge in [-0.1, -0.05) is 12.2 Å². The second-order valence-corrected chi connectivity index (χ2v) is 4.52. The van der Waals surface area contributed by atoms with Crippen molar-refractivity contribution in [2.75, 3.05) is 13.1 Å². The molecule has 1 saturated carbocycles. The van der Waals surface area contributed by atoms with Crippen LogP contribution in [0.25, 0.3) is 0 Å². The molecule has 3 aliphatic rings. The normalized spacial score (nSPS) is 39.7. The molecule has 2 fully saturated rings. The molecule has 1 heterocycles. The zero-order valence-corrected chi connectivity index (χ0v) is 8.08. The molecule has 0 aromatic rings. The monoisotopic (exact) mass is 175 g/mol. The molecule has 0 aromatic carbocycles. The van der Waals surface area contributed by atoms with E-state index in [9.17, 15) is 0 Å². The van der Waals surface area contributed by atoms with Crippen molar-refractivity contribution in [1.82, 2.24) is 4.90 Å². The first-order valence-electron chi connectivity index (χ1n) is 5.57. The molecule has 2 unspecified atom stereocenters. The summed E-state index contributed by atoms with van der Waals surface area (Å²) in [6, 6.07) is 0. The fraction of sp³-hybridized carbons (Fsp3) is 0.667. The summed E-state index contributed by atoms with van der Waals surface area (Å²) >= 11 is 0. The van der Waals surface area contributed by atoms with Gasteiger partial charge in [0.15, 0.2) is 0 Å². The Morgan fingerprint density at radius 3 is 2.77 bits per heavy atom. The number of nitrogens with zero attached hydrogens (tertiary/aromatic N) is 1.